The quantitative estimate of drug-likeness (QED) is 0.869. The van der Waals surface area contributed by atoms with Gasteiger partial charge in [-0.2, -0.15) is 18.4 Å². The highest BCUT2D eigenvalue weighted by molar-refractivity contribution is 8.00. The van der Waals surface area contributed by atoms with Crippen molar-refractivity contribution in [3.63, 3.8) is 0 Å². The van der Waals surface area contributed by atoms with E-state index in [1.165, 1.54) is 12.1 Å². The number of carbonyl (C=O) groups is 2. The predicted octanol–water partition coefficient (Wildman–Crippen LogP) is 2.33. The Morgan fingerprint density at radius 1 is 1.33 bits per heavy atom. The fourth-order valence-corrected chi connectivity index (χ4v) is 1.92. The number of carboxylic acids is 1. The highest BCUT2D eigenvalue weighted by Gasteiger charge is 2.33. The lowest BCUT2D eigenvalue weighted by Gasteiger charge is -2.11. The third-order valence-electron chi connectivity index (χ3n) is 2.19. The summed E-state index contributed by atoms with van der Waals surface area (Å²) in [6.07, 6.45) is -4.70. The minimum atomic E-state index is -4.70. The zero-order valence-corrected chi connectivity index (χ0v) is 11.2. The van der Waals surface area contributed by atoms with Gasteiger partial charge >= 0.3 is 12.1 Å². The van der Waals surface area contributed by atoms with E-state index in [1.807, 2.05) is 0 Å². The molecular weight excluding hydrogens is 309 g/mol. The third kappa shape index (κ3) is 5.35. The first kappa shape index (κ1) is 16.8. The maximum Gasteiger partial charge on any atom is 0.417 e. The minimum absolute atomic E-state index is 0.109. The summed E-state index contributed by atoms with van der Waals surface area (Å²) in [4.78, 5) is 21.7. The molecule has 0 aliphatic rings. The molecule has 5 nitrogen and oxygen atoms in total. The molecule has 0 saturated heterocycles. The van der Waals surface area contributed by atoms with Gasteiger partial charge in [0.1, 0.15) is 0 Å². The molecule has 0 heterocycles. The molecule has 0 unspecified atom stereocenters. The lowest BCUT2D eigenvalue weighted by atomic mass is 10.1. The van der Waals surface area contributed by atoms with Crippen LogP contribution in [0.4, 0.5) is 18.9 Å². The molecule has 112 valence electrons. The van der Waals surface area contributed by atoms with Gasteiger partial charge in [-0.1, -0.05) is 0 Å². The van der Waals surface area contributed by atoms with Gasteiger partial charge in [0.15, 0.2) is 0 Å². The summed E-state index contributed by atoms with van der Waals surface area (Å²) < 4.78 is 38.1. The Kier molecular flexibility index (Phi) is 5.60. The van der Waals surface area contributed by atoms with Crippen LogP contribution in [0, 0.1) is 11.3 Å². The van der Waals surface area contributed by atoms with Crippen LogP contribution in [-0.4, -0.2) is 28.5 Å². The number of carboxylic acid groups (broad SMARTS) is 1. The first-order valence-corrected chi connectivity index (χ1v) is 6.60. The topological polar surface area (TPSA) is 90.2 Å². The maximum absolute atomic E-state index is 12.7. The van der Waals surface area contributed by atoms with Crippen LogP contribution in [0.2, 0.25) is 0 Å². The molecule has 0 aliphatic carbocycles. The molecule has 1 aromatic rings. The molecule has 0 aromatic heterocycles. The fraction of sp³-hybridized carbons (Fsp3) is 0.250. The number of alkyl halides is 3. The number of nitrogens with zero attached hydrogens (tertiary/aromatic N) is 1. The molecule has 1 rings (SSSR count). The van der Waals surface area contributed by atoms with E-state index in [-0.39, 0.29) is 17.2 Å². The van der Waals surface area contributed by atoms with E-state index in [0.29, 0.717) is 6.07 Å². The van der Waals surface area contributed by atoms with Crippen molar-refractivity contribution >= 4 is 29.3 Å². The average molecular weight is 318 g/mol. The van der Waals surface area contributed by atoms with Gasteiger partial charge in [0.2, 0.25) is 5.91 Å². The van der Waals surface area contributed by atoms with Crippen LogP contribution in [-0.2, 0) is 15.8 Å². The number of thioether (sulfide) groups is 1. The number of amides is 1. The van der Waals surface area contributed by atoms with E-state index in [4.69, 9.17) is 10.4 Å². The van der Waals surface area contributed by atoms with Crippen molar-refractivity contribution in [1.29, 1.82) is 5.26 Å². The van der Waals surface area contributed by atoms with E-state index in [0.717, 1.165) is 17.8 Å². The molecule has 9 heteroatoms. The molecule has 0 saturated carbocycles. The number of aliphatic carboxylic acids is 1. The van der Waals surface area contributed by atoms with Crippen molar-refractivity contribution in [2.45, 2.75) is 6.18 Å². The number of anilines is 1. The van der Waals surface area contributed by atoms with Crippen molar-refractivity contribution in [1.82, 2.24) is 0 Å². The Labute approximate surface area is 121 Å². The van der Waals surface area contributed by atoms with Crippen molar-refractivity contribution < 1.29 is 27.9 Å². The van der Waals surface area contributed by atoms with Crippen LogP contribution in [0.1, 0.15) is 11.1 Å². The van der Waals surface area contributed by atoms with Crippen LogP contribution < -0.4 is 5.32 Å². The number of carbonyl (C=O) groups excluding carboxylic acids is 1. The number of benzene rings is 1. The zero-order valence-electron chi connectivity index (χ0n) is 10.4. The minimum Gasteiger partial charge on any atom is -0.481 e. The number of nitriles is 1. The number of hydrogen-bond acceptors (Lipinski definition) is 4. The second-order valence-corrected chi connectivity index (χ2v) is 4.79. The van der Waals surface area contributed by atoms with Gasteiger partial charge in [-0.15, -0.1) is 11.8 Å². The fourth-order valence-electron chi connectivity index (χ4n) is 1.38. The summed E-state index contributed by atoms with van der Waals surface area (Å²) in [6, 6.07) is 4.23. The van der Waals surface area contributed by atoms with E-state index in [1.54, 1.807) is 0 Å². The summed E-state index contributed by atoms with van der Waals surface area (Å²) >= 11 is 0.820. The number of halogens is 3. The second-order valence-electron chi connectivity index (χ2n) is 3.80. The van der Waals surface area contributed by atoms with Crippen LogP contribution >= 0.6 is 11.8 Å². The number of rotatable bonds is 5. The predicted molar refractivity (Wildman–Crippen MR) is 69.7 cm³/mol. The second kappa shape index (κ2) is 6.99. The largest absolute Gasteiger partial charge is 0.481 e. The third-order valence-corrected chi connectivity index (χ3v) is 3.11. The van der Waals surface area contributed by atoms with E-state index >= 15 is 0 Å². The standard InChI is InChI=1S/C12H9F3N2O3S/c13-12(14,15)9-3-8(2-1-7(9)4-16)17-10(18)5-21-6-11(19)20/h1-3H,5-6H2,(H,17,18)(H,19,20). The molecule has 0 bridgehead atoms. The Bertz CT molecular complexity index is 596. The molecular formula is C12H9F3N2O3S. The molecule has 21 heavy (non-hydrogen) atoms. The van der Waals surface area contributed by atoms with Gasteiger partial charge in [0.05, 0.1) is 28.7 Å². The van der Waals surface area contributed by atoms with Crippen LogP contribution in [0.3, 0.4) is 0 Å². The summed E-state index contributed by atoms with van der Waals surface area (Å²) in [5.41, 5.74) is -1.79. The summed E-state index contributed by atoms with van der Waals surface area (Å²) in [5, 5.41) is 19.2. The van der Waals surface area contributed by atoms with Gasteiger partial charge in [0.25, 0.3) is 0 Å². The molecule has 0 aliphatic heterocycles. The number of nitrogens with one attached hydrogen (secondary N) is 1. The van der Waals surface area contributed by atoms with E-state index in [2.05, 4.69) is 5.32 Å². The van der Waals surface area contributed by atoms with Gasteiger partial charge < -0.3 is 10.4 Å². The molecule has 0 spiro atoms. The van der Waals surface area contributed by atoms with Gasteiger partial charge in [-0.25, -0.2) is 0 Å². The Morgan fingerprint density at radius 2 is 2.00 bits per heavy atom. The summed E-state index contributed by atoms with van der Waals surface area (Å²) in [5.74, 6) is -2.20. The highest BCUT2D eigenvalue weighted by Crippen LogP contribution is 2.33. The first-order chi connectivity index (χ1) is 9.74. The van der Waals surface area contributed by atoms with Gasteiger partial charge in [-0.05, 0) is 18.2 Å². The van der Waals surface area contributed by atoms with Crippen LogP contribution in [0.5, 0.6) is 0 Å². The Balaban J connectivity index is 2.79. The SMILES string of the molecule is N#Cc1ccc(NC(=O)CSCC(=O)O)cc1C(F)(F)F. The smallest absolute Gasteiger partial charge is 0.417 e. The van der Waals surface area contributed by atoms with E-state index in [9.17, 15) is 22.8 Å². The molecule has 1 amide bonds. The van der Waals surface area contributed by atoms with Gasteiger partial charge in [-0.3, -0.25) is 9.59 Å². The zero-order chi connectivity index (χ0) is 16.0. The Hall–Kier alpha value is -2.21. The lowest BCUT2D eigenvalue weighted by Crippen LogP contribution is -2.16. The van der Waals surface area contributed by atoms with Crippen molar-refractivity contribution in [2.75, 3.05) is 16.8 Å². The molecule has 0 fully saturated rings. The normalized spacial score (nSPS) is 10.8. The van der Waals surface area contributed by atoms with E-state index < -0.39 is 29.2 Å². The summed E-state index contributed by atoms with van der Waals surface area (Å²) in [7, 11) is 0. The first-order valence-electron chi connectivity index (χ1n) is 5.44. The monoisotopic (exact) mass is 318 g/mol. The van der Waals surface area contributed by atoms with Crippen LogP contribution in [0.15, 0.2) is 18.2 Å². The lowest BCUT2D eigenvalue weighted by molar-refractivity contribution is -0.138. The summed E-state index contributed by atoms with van der Waals surface area (Å²) in [6.45, 7) is 0. The van der Waals surface area contributed by atoms with Gasteiger partial charge in [0, 0.05) is 5.69 Å². The molecule has 1 aromatic carbocycles. The maximum atomic E-state index is 12.7. The molecule has 2 N–H and O–H groups in total. The van der Waals surface area contributed by atoms with Crippen molar-refractivity contribution in [3.8, 4) is 6.07 Å². The van der Waals surface area contributed by atoms with Crippen molar-refractivity contribution in [2.24, 2.45) is 0 Å². The average Bonchev–Trinajstić information content (AvgIpc) is 2.37. The molecule has 0 radical (unpaired) electrons. The van der Waals surface area contributed by atoms with Crippen molar-refractivity contribution in [3.05, 3.63) is 29.3 Å². The molecule has 0 atom stereocenters. The highest BCUT2D eigenvalue weighted by atomic mass is 32.2. The Morgan fingerprint density at radius 3 is 2.52 bits per heavy atom. The van der Waals surface area contributed by atoms with Crippen LogP contribution in [0.25, 0.3) is 0 Å². The number of hydrogen-bond donors (Lipinski definition) is 2.